The van der Waals surface area contributed by atoms with Crippen molar-refractivity contribution in [2.75, 3.05) is 0 Å². The van der Waals surface area contributed by atoms with Crippen LogP contribution in [0.5, 0.6) is 0 Å². The van der Waals surface area contributed by atoms with Gasteiger partial charge in [0.2, 0.25) is 0 Å². The van der Waals surface area contributed by atoms with Crippen molar-refractivity contribution in [1.82, 2.24) is 0 Å². The number of hydrogen-bond acceptors (Lipinski definition) is 0. The summed E-state index contributed by atoms with van der Waals surface area (Å²) in [6.45, 7) is 9.14. The van der Waals surface area contributed by atoms with Crippen molar-refractivity contribution in [1.29, 1.82) is 0 Å². The van der Waals surface area contributed by atoms with Crippen molar-refractivity contribution in [3.8, 4) is 0 Å². The minimum Gasteiger partial charge on any atom is -0.0798 e. The van der Waals surface area contributed by atoms with Gasteiger partial charge in [0.25, 0.3) is 0 Å². The van der Waals surface area contributed by atoms with Crippen LogP contribution in [0, 0.1) is 0 Å². The zero-order valence-corrected chi connectivity index (χ0v) is 11.0. The maximum atomic E-state index is 2.35. The first-order valence-electron chi connectivity index (χ1n) is 6.34. The van der Waals surface area contributed by atoms with Crippen LogP contribution in [-0.2, 0) is 0 Å². The SMILES string of the molecule is CC1=C(C)C2=C(CCC1)C(C)=C(C)CC=C2. The molecule has 16 heavy (non-hydrogen) atoms. The van der Waals surface area contributed by atoms with Gasteiger partial charge in [-0.25, -0.2) is 0 Å². The van der Waals surface area contributed by atoms with Crippen molar-refractivity contribution in [2.24, 2.45) is 0 Å². The first-order chi connectivity index (χ1) is 7.61. The summed E-state index contributed by atoms with van der Waals surface area (Å²) in [6.07, 6.45) is 9.60. The van der Waals surface area contributed by atoms with E-state index >= 15 is 0 Å². The maximum Gasteiger partial charge on any atom is -0.0132 e. The van der Waals surface area contributed by atoms with E-state index in [2.05, 4.69) is 39.8 Å². The third-order valence-electron chi connectivity index (χ3n) is 4.15. The molecule has 0 bridgehead atoms. The fourth-order valence-electron chi connectivity index (χ4n) is 2.69. The summed E-state index contributed by atoms with van der Waals surface area (Å²) in [4.78, 5) is 0. The highest BCUT2D eigenvalue weighted by Gasteiger charge is 2.16. The van der Waals surface area contributed by atoms with E-state index in [1.165, 1.54) is 41.6 Å². The fraction of sp³-hybridized carbons (Fsp3) is 0.500. The lowest BCUT2D eigenvalue weighted by atomic mass is 9.93. The van der Waals surface area contributed by atoms with Gasteiger partial charge in [0.05, 0.1) is 0 Å². The molecule has 2 aliphatic rings. The summed E-state index contributed by atoms with van der Waals surface area (Å²) >= 11 is 0. The molecule has 0 spiro atoms. The molecule has 2 rings (SSSR count). The highest BCUT2D eigenvalue weighted by Crippen LogP contribution is 2.36. The van der Waals surface area contributed by atoms with E-state index in [4.69, 9.17) is 0 Å². The molecule has 2 aliphatic carbocycles. The molecule has 0 aromatic carbocycles. The molecule has 0 heterocycles. The lowest BCUT2D eigenvalue weighted by molar-refractivity contribution is 0.813. The summed E-state index contributed by atoms with van der Waals surface area (Å²) < 4.78 is 0. The van der Waals surface area contributed by atoms with E-state index in [-0.39, 0.29) is 0 Å². The van der Waals surface area contributed by atoms with Gasteiger partial charge in [-0.3, -0.25) is 0 Å². The third kappa shape index (κ3) is 1.93. The number of rotatable bonds is 0. The topological polar surface area (TPSA) is 0 Å². The predicted octanol–water partition coefficient (Wildman–Crippen LogP) is 5.10. The molecular weight excluding hydrogens is 192 g/mol. The van der Waals surface area contributed by atoms with Gasteiger partial charge in [0, 0.05) is 0 Å². The van der Waals surface area contributed by atoms with E-state index in [0.717, 1.165) is 6.42 Å². The van der Waals surface area contributed by atoms with Crippen LogP contribution in [-0.4, -0.2) is 0 Å². The second kappa shape index (κ2) is 4.45. The zero-order chi connectivity index (χ0) is 11.7. The van der Waals surface area contributed by atoms with E-state index in [1.807, 2.05) is 0 Å². The molecule has 0 heteroatoms. The Morgan fingerprint density at radius 2 is 1.62 bits per heavy atom. The Hall–Kier alpha value is -1.04. The summed E-state index contributed by atoms with van der Waals surface area (Å²) in [7, 11) is 0. The van der Waals surface area contributed by atoms with Crippen molar-refractivity contribution in [2.45, 2.75) is 53.4 Å². The molecule has 86 valence electrons. The highest BCUT2D eigenvalue weighted by molar-refractivity contribution is 5.54. The van der Waals surface area contributed by atoms with Crippen LogP contribution in [0.1, 0.15) is 53.4 Å². The largest absolute Gasteiger partial charge is 0.0798 e. The maximum absolute atomic E-state index is 2.35. The summed E-state index contributed by atoms with van der Waals surface area (Å²) in [5, 5.41) is 0. The molecule has 0 unspecified atom stereocenters. The fourth-order valence-corrected chi connectivity index (χ4v) is 2.69. The first-order valence-corrected chi connectivity index (χ1v) is 6.34. The van der Waals surface area contributed by atoms with Crippen LogP contribution in [0.4, 0.5) is 0 Å². The standard InChI is InChI=1S/C16H22/c1-11-7-5-9-16-14(4)12(2)8-6-10-15(16)13(11)3/h5,9H,6-8,10H2,1-4H3. The Labute approximate surface area is 99.4 Å². The third-order valence-corrected chi connectivity index (χ3v) is 4.15. The van der Waals surface area contributed by atoms with E-state index in [0.29, 0.717) is 0 Å². The van der Waals surface area contributed by atoms with Crippen molar-refractivity contribution in [3.05, 3.63) is 45.6 Å². The average Bonchev–Trinajstić information content (AvgIpc) is 2.48. The van der Waals surface area contributed by atoms with E-state index < -0.39 is 0 Å². The summed E-state index contributed by atoms with van der Waals surface area (Å²) in [5.41, 5.74) is 9.26. The Balaban J connectivity index is 2.60. The molecule has 0 amide bonds. The smallest absolute Gasteiger partial charge is 0.0132 e. The number of hydrogen-bond donors (Lipinski definition) is 0. The van der Waals surface area contributed by atoms with Gasteiger partial charge in [-0.05, 0) is 75.7 Å². The monoisotopic (exact) mass is 214 g/mol. The van der Waals surface area contributed by atoms with Crippen LogP contribution >= 0.6 is 0 Å². The van der Waals surface area contributed by atoms with Gasteiger partial charge in [-0.15, -0.1) is 0 Å². The lowest BCUT2D eigenvalue weighted by Gasteiger charge is -2.12. The molecule has 0 aliphatic heterocycles. The van der Waals surface area contributed by atoms with Crippen molar-refractivity contribution in [3.63, 3.8) is 0 Å². The van der Waals surface area contributed by atoms with Gasteiger partial charge in [0.15, 0.2) is 0 Å². The van der Waals surface area contributed by atoms with Crippen LogP contribution < -0.4 is 0 Å². The highest BCUT2D eigenvalue weighted by atomic mass is 14.2. The summed E-state index contributed by atoms with van der Waals surface area (Å²) in [6, 6.07) is 0. The van der Waals surface area contributed by atoms with Gasteiger partial charge >= 0.3 is 0 Å². The summed E-state index contributed by atoms with van der Waals surface area (Å²) in [5.74, 6) is 0. The Bertz CT molecular complexity index is 425. The van der Waals surface area contributed by atoms with E-state index in [9.17, 15) is 0 Å². The molecule has 0 saturated heterocycles. The van der Waals surface area contributed by atoms with Gasteiger partial charge in [-0.1, -0.05) is 23.3 Å². The number of allylic oxidation sites excluding steroid dienone is 8. The second-order valence-electron chi connectivity index (χ2n) is 5.16. The molecule has 0 aromatic heterocycles. The average molecular weight is 214 g/mol. The molecule has 0 nitrogen and oxygen atoms in total. The Morgan fingerprint density at radius 1 is 0.875 bits per heavy atom. The zero-order valence-electron chi connectivity index (χ0n) is 11.0. The van der Waals surface area contributed by atoms with E-state index in [1.54, 1.807) is 11.1 Å². The molecule has 0 radical (unpaired) electrons. The van der Waals surface area contributed by atoms with Gasteiger partial charge in [0.1, 0.15) is 0 Å². The molecule has 0 atom stereocenters. The normalized spacial score (nSPS) is 22.2. The molecule has 0 fully saturated rings. The lowest BCUT2D eigenvalue weighted by Crippen LogP contribution is -1.93. The molecule has 0 N–H and O–H groups in total. The molecular formula is C16H22. The molecule has 0 saturated carbocycles. The van der Waals surface area contributed by atoms with Crippen LogP contribution in [0.15, 0.2) is 45.6 Å². The quantitative estimate of drug-likeness (QED) is 0.526. The van der Waals surface area contributed by atoms with Gasteiger partial charge in [-0.2, -0.15) is 0 Å². The minimum atomic E-state index is 1.12. The van der Waals surface area contributed by atoms with Crippen molar-refractivity contribution >= 4 is 0 Å². The Kier molecular flexibility index (Phi) is 3.18. The van der Waals surface area contributed by atoms with Crippen molar-refractivity contribution < 1.29 is 0 Å². The second-order valence-corrected chi connectivity index (χ2v) is 5.16. The van der Waals surface area contributed by atoms with Crippen LogP contribution in [0.3, 0.4) is 0 Å². The minimum absolute atomic E-state index is 1.12. The van der Waals surface area contributed by atoms with Gasteiger partial charge < -0.3 is 0 Å². The van der Waals surface area contributed by atoms with Crippen LogP contribution in [0.2, 0.25) is 0 Å². The molecule has 0 aromatic rings. The first kappa shape index (κ1) is 11.4. The predicted molar refractivity (Wildman–Crippen MR) is 71.4 cm³/mol. The Morgan fingerprint density at radius 3 is 2.38 bits per heavy atom. The van der Waals surface area contributed by atoms with Crippen LogP contribution in [0.25, 0.3) is 0 Å².